The molecule has 2 aromatic carbocycles. The summed E-state index contributed by atoms with van der Waals surface area (Å²) in [6.45, 7) is 9.78. The Morgan fingerprint density at radius 3 is 2.45 bits per heavy atom. The van der Waals surface area contributed by atoms with E-state index in [1.54, 1.807) is 43.3 Å². The summed E-state index contributed by atoms with van der Waals surface area (Å²) in [7, 11) is 0. The second-order valence-corrected chi connectivity index (χ2v) is 11.6. The van der Waals surface area contributed by atoms with Crippen molar-refractivity contribution in [3.05, 3.63) is 91.8 Å². The van der Waals surface area contributed by atoms with Crippen molar-refractivity contribution in [1.29, 1.82) is 0 Å². The first kappa shape index (κ1) is 30.9. The number of aliphatic hydroxyl groups is 1. The van der Waals surface area contributed by atoms with Crippen molar-refractivity contribution in [2.45, 2.75) is 47.0 Å². The van der Waals surface area contributed by atoms with Crippen LogP contribution in [-0.4, -0.2) is 51.9 Å². The maximum Gasteiger partial charge on any atom is 0.344 e. The van der Waals surface area contributed by atoms with E-state index < -0.39 is 5.97 Å². The quantitative estimate of drug-likeness (QED) is 0.148. The zero-order valence-corrected chi connectivity index (χ0v) is 26.1. The zero-order chi connectivity index (χ0) is 31.4. The Balaban J connectivity index is 1.51. The second-order valence-electron chi connectivity index (χ2n) is 10.5. The molecular formula is C33H36N4O6S. The van der Waals surface area contributed by atoms with Gasteiger partial charge in [0.25, 0.3) is 5.69 Å². The van der Waals surface area contributed by atoms with Crippen molar-refractivity contribution < 1.29 is 24.3 Å². The highest BCUT2D eigenvalue weighted by molar-refractivity contribution is 8.18. The van der Waals surface area contributed by atoms with E-state index in [4.69, 9.17) is 9.47 Å². The van der Waals surface area contributed by atoms with Gasteiger partial charge in [0.1, 0.15) is 27.8 Å². The molecule has 0 spiro atoms. The number of carbonyl (C=O) groups is 1. The lowest BCUT2D eigenvalue weighted by atomic mass is 10.1. The van der Waals surface area contributed by atoms with Gasteiger partial charge in [-0.25, -0.2) is 9.79 Å². The molecule has 0 radical (unpaired) electrons. The van der Waals surface area contributed by atoms with E-state index in [-0.39, 0.29) is 28.5 Å². The summed E-state index contributed by atoms with van der Waals surface area (Å²) in [4.78, 5) is 31.9. The molecule has 5 rings (SSSR count). The van der Waals surface area contributed by atoms with Crippen LogP contribution >= 0.6 is 11.8 Å². The van der Waals surface area contributed by atoms with Crippen LogP contribution in [0.1, 0.15) is 50.1 Å². The number of rotatable bonds is 9. The van der Waals surface area contributed by atoms with Crippen LogP contribution in [0.15, 0.2) is 69.8 Å². The molecule has 1 saturated heterocycles. The zero-order valence-electron chi connectivity index (χ0n) is 25.3. The smallest absolute Gasteiger partial charge is 0.344 e. The number of hydrogen-bond acceptors (Lipinski definition) is 9. The third-order valence-electron chi connectivity index (χ3n) is 7.62. The maximum atomic E-state index is 12.9. The summed E-state index contributed by atoms with van der Waals surface area (Å²) >= 11 is 1.18. The summed E-state index contributed by atoms with van der Waals surface area (Å²) in [6, 6.07) is 14.5. The first-order chi connectivity index (χ1) is 21.2. The molecule has 0 atom stereocenters. The van der Waals surface area contributed by atoms with Gasteiger partial charge < -0.3 is 24.0 Å². The van der Waals surface area contributed by atoms with Crippen molar-refractivity contribution in [1.82, 2.24) is 4.57 Å². The van der Waals surface area contributed by atoms with E-state index >= 15 is 0 Å². The fourth-order valence-corrected chi connectivity index (χ4v) is 6.59. The molecule has 0 aliphatic carbocycles. The Kier molecular flexibility index (Phi) is 9.43. The van der Waals surface area contributed by atoms with Crippen molar-refractivity contribution in [3.8, 4) is 11.4 Å². The largest absolute Gasteiger partial charge is 0.506 e. The molecule has 10 nitrogen and oxygen atoms in total. The molecule has 44 heavy (non-hydrogen) atoms. The molecule has 3 heterocycles. The highest BCUT2D eigenvalue weighted by atomic mass is 32.2. The Hall–Kier alpha value is -4.51. The van der Waals surface area contributed by atoms with Crippen molar-refractivity contribution in [2.75, 3.05) is 31.2 Å². The lowest BCUT2D eigenvalue weighted by Gasteiger charge is -2.28. The number of aliphatic imine (C=N–C) groups is 1. The van der Waals surface area contributed by atoms with E-state index in [9.17, 15) is 20.0 Å². The summed E-state index contributed by atoms with van der Waals surface area (Å²) in [6.07, 6.45) is 4.99. The minimum absolute atomic E-state index is 0.00900. The van der Waals surface area contributed by atoms with E-state index in [1.807, 2.05) is 43.5 Å². The molecule has 11 heteroatoms. The second kappa shape index (κ2) is 13.4. The van der Waals surface area contributed by atoms with E-state index in [2.05, 4.69) is 9.89 Å². The number of hydrogen-bond donors (Lipinski definition) is 1. The van der Waals surface area contributed by atoms with Gasteiger partial charge in [0.15, 0.2) is 0 Å². The maximum absolute atomic E-state index is 12.9. The number of aryl methyl sites for hydroxylation is 1. The highest BCUT2D eigenvalue weighted by Crippen LogP contribution is 2.41. The third-order valence-corrected chi connectivity index (χ3v) is 8.64. The Morgan fingerprint density at radius 2 is 1.80 bits per heavy atom. The van der Waals surface area contributed by atoms with E-state index in [0.29, 0.717) is 39.4 Å². The summed E-state index contributed by atoms with van der Waals surface area (Å²) in [5.74, 6) is -0.149. The van der Waals surface area contributed by atoms with Gasteiger partial charge in [-0.15, -0.1) is 0 Å². The number of piperidine rings is 1. The van der Waals surface area contributed by atoms with Crippen LogP contribution in [0, 0.1) is 24.0 Å². The van der Waals surface area contributed by atoms with Gasteiger partial charge in [0.05, 0.1) is 34.4 Å². The van der Waals surface area contributed by atoms with E-state index in [0.717, 1.165) is 49.3 Å². The predicted octanol–water partition coefficient (Wildman–Crippen LogP) is 7.58. The van der Waals surface area contributed by atoms with Gasteiger partial charge in [-0.2, -0.15) is 0 Å². The van der Waals surface area contributed by atoms with Gasteiger partial charge in [-0.1, -0.05) is 11.8 Å². The number of aromatic nitrogens is 1. The SMILES string of the molecule is CCOC(=O)C1=C(O)/C(=C/c2cc(C)n(-c3ccc(N4CCCCC4)c([N+](=O)[O-])c3)c2C)SC1=Nc1ccc(OCC)cc1. The molecule has 1 N–H and O–H groups in total. The number of nitrogens with zero attached hydrogens (tertiary/aromatic N) is 4. The number of esters is 1. The van der Waals surface area contributed by atoms with Crippen LogP contribution in [0.5, 0.6) is 5.75 Å². The first-order valence-corrected chi connectivity index (χ1v) is 15.6. The molecule has 0 saturated carbocycles. The Morgan fingerprint density at radius 1 is 1.07 bits per heavy atom. The number of aliphatic hydroxyl groups excluding tert-OH is 1. The van der Waals surface area contributed by atoms with Crippen LogP contribution in [-0.2, 0) is 9.53 Å². The fourth-order valence-electron chi connectivity index (χ4n) is 5.56. The van der Waals surface area contributed by atoms with Crippen LogP contribution in [0.25, 0.3) is 11.8 Å². The van der Waals surface area contributed by atoms with Gasteiger partial charge in [0.2, 0.25) is 0 Å². The Bertz CT molecular complexity index is 1670. The van der Waals surface area contributed by atoms with Gasteiger partial charge in [0, 0.05) is 30.5 Å². The predicted molar refractivity (Wildman–Crippen MR) is 175 cm³/mol. The van der Waals surface area contributed by atoms with Crippen molar-refractivity contribution in [3.63, 3.8) is 0 Å². The average molecular weight is 617 g/mol. The number of nitro benzene ring substituents is 1. The molecule has 1 aromatic heterocycles. The molecule has 0 bridgehead atoms. The monoisotopic (exact) mass is 616 g/mol. The summed E-state index contributed by atoms with van der Waals surface area (Å²) in [5, 5.41) is 23.6. The van der Waals surface area contributed by atoms with Crippen molar-refractivity contribution >= 4 is 45.9 Å². The molecule has 0 unspecified atom stereocenters. The molecular weight excluding hydrogens is 580 g/mol. The summed E-state index contributed by atoms with van der Waals surface area (Å²) in [5.41, 5.74) is 4.51. The average Bonchev–Trinajstić information content (AvgIpc) is 3.47. The van der Waals surface area contributed by atoms with Crippen molar-refractivity contribution in [2.24, 2.45) is 4.99 Å². The number of thioether (sulfide) groups is 1. The minimum Gasteiger partial charge on any atom is -0.506 e. The normalized spacial score (nSPS) is 17.0. The summed E-state index contributed by atoms with van der Waals surface area (Å²) < 4.78 is 12.7. The van der Waals surface area contributed by atoms with Crippen LogP contribution in [0.3, 0.4) is 0 Å². The van der Waals surface area contributed by atoms with Gasteiger partial charge >= 0.3 is 5.97 Å². The number of nitro groups is 1. The number of benzene rings is 2. The standard InChI is InChI=1S/C33H36N4O6S/c1-5-42-26-13-10-24(11-14-26)34-32-30(33(39)43-6-2)31(38)29(44-32)19-23-18-21(3)36(22(23)4)25-12-15-27(28(20-25)37(40)41)35-16-8-7-9-17-35/h10-15,18-20,38H,5-9,16-17H2,1-4H3/b29-19-,34-32?. The molecule has 2 aliphatic heterocycles. The topological polar surface area (TPSA) is 119 Å². The van der Waals surface area contributed by atoms with Crippen LogP contribution in [0.2, 0.25) is 0 Å². The molecule has 1 fully saturated rings. The highest BCUT2D eigenvalue weighted by Gasteiger charge is 2.33. The van der Waals surface area contributed by atoms with Crippen LogP contribution < -0.4 is 9.64 Å². The fraction of sp³-hybridized carbons (Fsp3) is 0.333. The Labute approximate surface area is 260 Å². The minimum atomic E-state index is -0.655. The molecule has 230 valence electrons. The molecule has 3 aromatic rings. The number of anilines is 1. The number of ether oxygens (including phenoxy) is 2. The van der Waals surface area contributed by atoms with Gasteiger partial charge in [-0.3, -0.25) is 10.1 Å². The van der Waals surface area contributed by atoms with E-state index in [1.165, 1.54) is 11.8 Å². The lowest BCUT2D eigenvalue weighted by Crippen LogP contribution is -2.30. The molecule has 2 aliphatic rings. The lowest BCUT2D eigenvalue weighted by molar-refractivity contribution is -0.384. The van der Waals surface area contributed by atoms with Crippen LogP contribution in [0.4, 0.5) is 17.1 Å². The molecule has 0 amide bonds. The first-order valence-electron chi connectivity index (χ1n) is 14.8. The number of carbonyl (C=O) groups excluding carboxylic acids is 1. The van der Waals surface area contributed by atoms with Gasteiger partial charge in [-0.05, 0) is 101 Å². The third kappa shape index (κ3) is 6.37.